The molecule has 0 radical (unpaired) electrons. The van der Waals surface area contributed by atoms with Gasteiger partial charge in [-0.2, -0.15) is 0 Å². The number of hydrogen-bond acceptors (Lipinski definition) is 6. The molecular weight excluding hydrogens is 901 g/mol. The normalized spacial score (nSPS) is 12.8. The third kappa shape index (κ3) is 57.9. The average Bonchev–Trinajstić information content (AvgIpc) is 3.39. The van der Waals surface area contributed by atoms with Crippen LogP contribution in [0.5, 0.6) is 0 Å². The summed E-state index contributed by atoms with van der Waals surface area (Å²) in [6, 6.07) is 0. The molecule has 0 fully saturated rings. The van der Waals surface area contributed by atoms with Crippen LogP contribution in [-0.2, 0) is 28.6 Å². The molecule has 6 heteroatoms. The molecule has 6 nitrogen and oxygen atoms in total. The molecule has 0 aromatic heterocycles. The third-order valence-electron chi connectivity index (χ3n) is 16.2. The summed E-state index contributed by atoms with van der Waals surface area (Å²) in [4.78, 5) is 38.4. The zero-order chi connectivity index (χ0) is 53.2. The van der Waals surface area contributed by atoms with Crippen molar-refractivity contribution < 1.29 is 28.6 Å². The van der Waals surface area contributed by atoms with Crippen molar-refractivity contribution in [2.24, 2.45) is 11.8 Å². The molecule has 0 saturated heterocycles. The van der Waals surface area contributed by atoms with Crippen molar-refractivity contribution >= 4 is 17.9 Å². The monoisotopic (exact) mass is 1030 g/mol. The van der Waals surface area contributed by atoms with E-state index >= 15 is 0 Å². The largest absolute Gasteiger partial charge is 0.462 e. The Morgan fingerprint density at radius 1 is 0.274 bits per heavy atom. The Labute approximate surface area is 457 Å². The van der Waals surface area contributed by atoms with E-state index < -0.39 is 6.10 Å². The molecule has 0 aromatic rings. The van der Waals surface area contributed by atoms with Crippen molar-refractivity contribution in [1.29, 1.82) is 0 Å². The van der Waals surface area contributed by atoms with E-state index in [1.807, 2.05) is 0 Å². The van der Waals surface area contributed by atoms with Crippen LogP contribution in [0.3, 0.4) is 0 Å². The van der Waals surface area contributed by atoms with Crippen molar-refractivity contribution in [3.63, 3.8) is 0 Å². The number of unbranched alkanes of at least 4 members (excludes halogenated alkanes) is 44. The van der Waals surface area contributed by atoms with Gasteiger partial charge < -0.3 is 14.2 Å². The van der Waals surface area contributed by atoms with Crippen LogP contribution in [0.1, 0.15) is 381 Å². The first kappa shape index (κ1) is 71.4. The maximum absolute atomic E-state index is 12.9. The molecule has 3 atom stereocenters. The van der Waals surface area contributed by atoms with E-state index in [-0.39, 0.29) is 31.1 Å². The van der Waals surface area contributed by atoms with E-state index in [9.17, 15) is 14.4 Å². The smallest absolute Gasteiger partial charge is 0.306 e. The van der Waals surface area contributed by atoms with Crippen LogP contribution >= 0.6 is 0 Å². The van der Waals surface area contributed by atoms with Crippen molar-refractivity contribution in [2.45, 2.75) is 387 Å². The Hall–Kier alpha value is -1.59. The standard InChI is InChI=1S/C67H130O6/c1-6-9-10-11-12-13-14-15-20-29-34-39-44-49-54-59-67(70)73-64(61-72-66(69)58-53-48-43-38-33-28-24-23-26-31-36-41-46-51-56-63(5)8-3)60-71-65(68)57-52-47-42-37-32-27-22-19-17-16-18-21-25-30-35-40-45-50-55-62(4)7-2/h62-64H,6-61H2,1-5H3/t62?,63?,64-/m1/s1. The second-order valence-corrected chi connectivity index (χ2v) is 23.6. The molecule has 0 aromatic carbocycles. The molecule has 0 heterocycles. The van der Waals surface area contributed by atoms with Crippen LogP contribution in [0, 0.1) is 11.8 Å². The quantitative estimate of drug-likeness (QED) is 0.0343. The van der Waals surface area contributed by atoms with Crippen LogP contribution in [0.15, 0.2) is 0 Å². The van der Waals surface area contributed by atoms with E-state index in [2.05, 4.69) is 34.6 Å². The van der Waals surface area contributed by atoms with Gasteiger partial charge in [0.15, 0.2) is 6.10 Å². The Kier molecular flexibility index (Phi) is 58.4. The first-order chi connectivity index (χ1) is 35.8. The summed E-state index contributed by atoms with van der Waals surface area (Å²) in [6.07, 6.45) is 66.6. The minimum Gasteiger partial charge on any atom is -0.462 e. The molecule has 2 unspecified atom stereocenters. The number of carbonyl (C=O) groups is 3. The van der Waals surface area contributed by atoms with Gasteiger partial charge in [-0.3, -0.25) is 14.4 Å². The van der Waals surface area contributed by atoms with Gasteiger partial charge in [-0.15, -0.1) is 0 Å². The first-order valence-corrected chi connectivity index (χ1v) is 33.3. The van der Waals surface area contributed by atoms with Crippen LogP contribution in [0.2, 0.25) is 0 Å². The highest BCUT2D eigenvalue weighted by Gasteiger charge is 2.20. The van der Waals surface area contributed by atoms with E-state index in [0.29, 0.717) is 19.3 Å². The van der Waals surface area contributed by atoms with Crippen molar-refractivity contribution in [3.8, 4) is 0 Å². The number of esters is 3. The lowest BCUT2D eigenvalue weighted by Gasteiger charge is -2.18. The van der Waals surface area contributed by atoms with Crippen LogP contribution in [0.4, 0.5) is 0 Å². The first-order valence-electron chi connectivity index (χ1n) is 33.3. The van der Waals surface area contributed by atoms with Crippen molar-refractivity contribution in [2.75, 3.05) is 13.2 Å². The summed E-state index contributed by atoms with van der Waals surface area (Å²) >= 11 is 0. The SMILES string of the molecule is CCCCCCCCCCCCCCCCCC(=O)O[C@H](COC(=O)CCCCCCCCCCCCCCCCCCCCC(C)CC)COC(=O)CCCCCCCCCCCCCCCCC(C)CC. The van der Waals surface area contributed by atoms with E-state index in [4.69, 9.17) is 14.2 Å². The molecule has 0 amide bonds. The molecular formula is C67H130O6. The predicted molar refractivity (Wildman–Crippen MR) is 316 cm³/mol. The number of hydrogen-bond donors (Lipinski definition) is 0. The number of ether oxygens (including phenoxy) is 3. The van der Waals surface area contributed by atoms with Crippen LogP contribution in [-0.4, -0.2) is 37.2 Å². The van der Waals surface area contributed by atoms with Gasteiger partial charge in [0.1, 0.15) is 13.2 Å². The van der Waals surface area contributed by atoms with E-state index in [1.54, 1.807) is 0 Å². The van der Waals surface area contributed by atoms with E-state index in [0.717, 1.165) is 69.6 Å². The lowest BCUT2D eigenvalue weighted by atomic mass is 9.99. The van der Waals surface area contributed by atoms with E-state index in [1.165, 1.54) is 270 Å². The molecule has 0 bridgehead atoms. The molecule has 0 aliphatic rings. The Balaban J connectivity index is 4.26. The molecule has 0 aliphatic carbocycles. The molecule has 434 valence electrons. The summed E-state index contributed by atoms with van der Waals surface area (Å²) < 4.78 is 17.0. The summed E-state index contributed by atoms with van der Waals surface area (Å²) in [7, 11) is 0. The third-order valence-corrected chi connectivity index (χ3v) is 16.2. The van der Waals surface area contributed by atoms with Crippen LogP contribution in [0.25, 0.3) is 0 Å². The molecule has 0 aliphatic heterocycles. The fourth-order valence-electron chi connectivity index (χ4n) is 10.4. The Bertz CT molecular complexity index is 1120. The molecule has 0 saturated carbocycles. The van der Waals surface area contributed by atoms with Gasteiger partial charge in [0.2, 0.25) is 0 Å². The minimum absolute atomic E-state index is 0.0615. The fourth-order valence-corrected chi connectivity index (χ4v) is 10.4. The topological polar surface area (TPSA) is 78.9 Å². The second-order valence-electron chi connectivity index (χ2n) is 23.6. The summed E-state index contributed by atoms with van der Waals surface area (Å²) in [6.45, 7) is 11.5. The number of rotatable bonds is 61. The molecule has 0 N–H and O–H groups in total. The number of carbonyl (C=O) groups excluding carboxylic acids is 3. The van der Waals surface area contributed by atoms with Crippen molar-refractivity contribution in [3.05, 3.63) is 0 Å². The zero-order valence-corrected chi connectivity index (χ0v) is 50.3. The lowest BCUT2D eigenvalue weighted by molar-refractivity contribution is -0.167. The van der Waals surface area contributed by atoms with Gasteiger partial charge in [0, 0.05) is 19.3 Å². The summed E-state index contributed by atoms with van der Waals surface area (Å²) in [5.41, 5.74) is 0. The highest BCUT2D eigenvalue weighted by molar-refractivity contribution is 5.71. The molecule has 0 rings (SSSR count). The summed E-state index contributed by atoms with van der Waals surface area (Å²) in [5.74, 6) is 0.978. The minimum atomic E-state index is -0.764. The molecule has 0 spiro atoms. The fraction of sp³-hybridized carbons (Fsp3) is 0.955. The van der Waals surface area contributed by atoms with Gasteiger partial charge in [0.25, 0.3) is 0 Å². The second kappa shape index (κ2) is 59.7. The Morgan fingerprint density at radius 3 is 0.712 bits per heavy atom. The average molecular weight is 1030 g/mol. The molecule has 73 heavy (non-hydrogen) atoms. The Morgan fingerprint density at radius 2 is 0.479 bits per heavy atom. The van der Waals surface area contributed by atoms with Gasteiger partial charge >= 0.3 is 17.9 Å². The van der Waals surface area contributed by atoms with Gasteiger partial charge in [-0.05, 0) is 31.1 Å². The van der Waals surface area contributed by atoms with Gasteiger partial charge in [-0.25, -0.2) is 0 Å². The summed E-state index contributed by atoms with van der Waals surface area (Å²) in [5, 5.41) is 0. The highest BCUT2D eigenvalue weighted by atomic mass is 16.6. The maximum Gasteiger partial charge on any atom is 0.306 e. The highest BCUT2D eigenvalue weighted by Crippen LogP contribution is 2.20. The lowest BCUT2D eigenvalue weighted by Crippen LogP contribution is -2.30. The van der Waals surface area contributed by atoms with Crippen molar-refractivity contribution in [1.82, 2.24) is 0 Å². The maximum atomic E-state index is 12.9. The van der Waals surface area contributed by atoms with Gasteiger partial charge in [-0.1, -0.05) is 343 Å². The van der Waals surface area contributed by atoms with Crippen LogP contribution < -0.4 is 0 Å². The zero-order valence-electron chi connectivity index (χ0n) is 50.3. The predicted octanol–water partition coefficient (Wildman–Crippen LogP) is 22.4. The van der Waals surface area contributed by atoms with Gasteiger partial charge in [0.05, 0.1) is 0 Å².